The van der Waals surface area contributed by atoms with Gasteiger partial charge in [-0.2, -0.15) is 0 Å². The van der Waals surface area contributed by atoms with Crippen LogP contribution in [0.2, 0.25) is 0 Å². The summed E-state index contributed by atoms with van der Waals surface area (Å²) in [6.45, 7) is 1.62. The second kappa shape index (κ2) is 8.72. The smallest absolute Gasteiger partial charge is 0.259 e. The van der Waals surface area contributed by atoms with Crippen LogP contribution in [0.25, 0.3) is 10.8 Å². The summed E-state index contributed by atoms with van der Waals surface area (Å²) in [6.07, 6.45) is 2.13. The lowest BCUT2D eigenvalue weighted by atomic mass is 10.0. The van der Waals surface area contributed by atoms with Crippen molar-refractivity contribution in [3.8, 4) is 11.6 Å². The number of ether oxygens (including phenoxy) is 2. The highest BCUT2D eigenvalue weighted by molar-refractivity contribution is 6.27. The van der Waals surface area contributed by atoms with E-state index in [1.165, 1.54) is 4.90 Å². The molecule has 0 aliphatic carbocycles. The number of pyridine rings is 1. The van der Waals surface area contributed by atoms with E-state index in [4.69, 9.17) is 9.47 Å². The van der Waals surface area contributed by atoms with Crippen LogP contribution in [0.1, 0.15) is 28.8 Å². The molecule has 182 valence electrons. The van der Waals surface area contributed by atoms with Gasteiger partial charge in [-0.3, -0.25) is 29.4 Å². The number of carbonyl (C=O) groups excluding carboxylic acids is 4. The number of piperidine rings is 1. The van der Waals surface area contributed by atoms with Crippen LogP contribution in [0.5, 0.6) is 11.6 Å². The maximum atomic E-state index is 13.3. The van der Waals surface area contributed by atoms with Crippen LogP contribution in [0, 0.1) is 0 Å². The van der Waals surface area contributed by atoms with Gasteiger partial charge >= 0.3 is 0 Å². The van der Waals surface area contributed by atoms with Crippen LogP contribution in [0.3, 0.4) is 0 Å². The molecule has 0 bridgehead atoms. The van der Waals surface area contributed by atoms with Gasteiger partial charge in [0.05, 0.1) is 12.3 Å². The normalized spacial score (nSPS) is 19.7. The first-order valence-corrected chi connectivity index (χ1v) is 11.7. The lowest BCUT2D eigenvalue weighted by Gasteiger charge is -2.30. The van der Waals surface area contributed by atoms with Gasteiger partial charge in [0.1, 0.15) is 18.4 Å². The fourth-order valence-electron chi connectivity index (χ4n) is 4.92. The maximum absolute atomic E-state index is 13.3. The summed E-state index contributed by atoms with van der Waals surface area (Å²) in [7, 11) is 0. The molecular weight excluding hydrogens is 464 g/mol. The van der Waals surface area contributed by atoms with Crippen molar-refractivity contribution < 1.29 is 28.7 Å². The van der Waals surface area contributed by atoms with Crippen LogP contribution >= 0.6 is 0 Å². The molecule has 3 aliphatic rings. The standard InChI is InChI=1S/C26H22N4O6/c31-21-8-6-19(25(33)28-21)30-18-5-7-20(16-2-1-3-17(24(16)18)26(30)34)36-22-9-4-15(12-27-22)13-29-10-11-35-14-23(29)32/h1-5,7,9,12,19H,6,8,10-11,13-14H2,(H,28,31,33). The molecule has 1 aromatic heterocycles. The molecule has 6 rings (SSSR count). The van der Waals surface area contributed by atoms with Crippen LogP contribution < -0.4 is 15.0 Å². The third kappa shape index (κ3) is 3.75. The topological polar surface area (TPSA) is 118 Å². The summed E-state index contributed by atoms with van der Waals surface area (Å²) in [5.74, 6) is -0.220. The Morgan fingerprint density at radius 3 is 2.75 bits per heavy atom. The second-order valence-corrected chi connectivity index (χ2v) is 8.93. The van der Waals surface area contributed by atoms with Gasteiger partial charge in [0.25, 0.3) is 5.91 Å². The highest BCUT2D eigenvalue weighted by Crippen LogP contribution is 2.43. The molecule has 0 saturated carbocycles. The summed E-state index contributed by atoms with van der Waals surface area (Å²) in [4.78, 5) is 56.9. The van der Waals surface area contributed by atoms with Crippen molar-refractivity contribution in [2.75, 3.05) is 24.7 Å². The molecule has 3 aliphatic heterocycles. The Hall–Kier alpha value is -4.31. The van der Waals surface area contributed by atoms with E-state index in [9.17, 15) is 19.2 Å². The number of amides is 4. The second-order valence-electron chi connectivity index (χ2n) is 8.93. The third-order valence-corrected chi connectivity index (χ3v) is 6.68. The van der Waals surface area contributed by atoms with Crippen molar-refractivity contribution in [2.24, 2.45) is 0 Å². The van der Waals surface area contributed by atoms with Gasteiger partial charge in [-0.15, -0.1) is 0 Å². The van der Waals surface area contributed by atoms with E-state index in [2.05, 4.69) is 10.3 Å². The van der Waals surface area contributed by atoms with Crippen molar-refractivity contribution in [2.45, 2.75) is 25.4 Å². The Morgan fingerprint density at radius 1 is 1.08 bits per heavy atom. The van der Waals surface area contributed by atoms with Crippen molar-refractivity contribution in [3.05, 3.63) is 59.8 Å². The van der Waals surface area contributed by atoms with Gasteiger partial charge in [-0.1, -0.05) is 18.2 Å². The molecule has 10 nitrogen and oxygen atoms in total. The number of carbonyl (C=O) groups is 4. The van der Waals surface area contributed by atoms with Gasteiger partial charge in [0.15, 0.2) is 0 Å². The van der Waals surface area contributed by atoms with Gasteiger partial charge in [0.2, 0.25) is 23.6 Å². The number of hydrogen-bond donors (Lipinski definition) is 1. The Kier molecular flexibility index (Phi) is 5.37. The average molecular weight is 486 g/mol. The predicted molar refractivity (Wildman–Crippen MR) is 127 cm³/mol. The number of imide groups is 1. The minimum Gasteiger partial charge on any atom is -0.438 e. The van der Waals surface area contributed by atoms with E-state index >= 15 is 0 Å². The Labute approximate surface area is 205 Å². The lowest BCUT2D eigenvalue weighted by Crippen LogP contribution is -2.53. The van der Waals surface area contributed by atoms with E-state index in [-0.39, 0.29) is 37.2 Å². The SMILES string of the molecule is O=C1CCC(N2C(=O)c3cccc4c(Oc5ccc(CN6CCOCC6=O)cn5)ccc2c34)C(=O)N1. The minimum atomic E-state index is -0.745. The quantitative estimate of drug-likeness (QED) is 0.549. The summed E-state index contributed by atoms with van der Waals surface area (Å²) in [5, 5.41) is 3.75. The number of anilines is 1. The molecule has 4 heterocycles. The highest BCUT2D eigenvalue weighted by atomic mass is 16.5. The molecule has 10 heteroatoms. The van der Waals surface area contributed by atoms with Crippen LogP contribution in [-0.2, 0) is 25.7 Å². The van der Waals surface area contributed by atoms with Crippen molar-refractivity contribution in [1.82, 2.24) is 15.2 Å². The molecule has 2 saturated heterocycles. The molecule has 4 amide bonds. The van der Waals surface area contributed by atoms with E-state index in [0.717, 1.165) is 10.9 Å². The zero-order valence-electron chi connectivity index (χ0n) is 19.2. The van der Waals surface area contributed by atoms with Gasteiger partial charge < -0.3 is 14.4 Å². The lowest BCUT2D eigenvalue weighted by molar-refractivity contribution is -0.143. The van der Waals surface area contributed by atoms with Crippen molar-refractivity contribution in [1.29, 1.82) is 0 Å². The molecule has 0 spiro atoms. The molecule has 1 unspecified atom stereocenters. The van der Waals surface area contributed by atoms with Gasteiger partial charge in [0, 0.05) is 48.1 Å². The Balaban J connectivity index is 1.27. The van der Waals surface area contributed by atoms with E-state index < -0.39 is 11.9 Å². The summed E-state index contributed by atoms with van der Waals surface area (Å²) < 4.78 is 11.2. The minimum absolute atomic E-state index is 0.0460. The number of rotatable bonds is 5. The van der Waals surface area contributed by atoms with E-state index in [1.807, 2.05) is 12.1 Å². The fourth-order valence-corrected chi connectivity index (χ4v) is 4.92. The number of nitrogens with zero attached hydrogens (tertiary/aromatic N) is 3. The third-order valence-electron chi connectivity index (χ3n) is 6.68. The predicted octanol–water partition coefficient (Wildman–Crippen LogP) is 2.15. The van der Waals surface area contributed by atoms with Crippen LogP contribution in [0.4, 0.5) is 5.69 Å². The van der Waals surface area contributed by atoms with E-state index in [1.54, 1.807) is 41.4 Å². The molecule has 2 aromatic carbocycles. The zero-order valence-corrected chi connectivity index (χ0v) is 19.2. The fraction of sp³-hybridized carbons (Fsp3) is 0.269. The first kappa shape index (κ1) is 22.2. The van der Waals surface area contributed by atoms with Crippen LogP contribution in [-0.4, -0.2) is 59.3 Å². The molecule has 3 aromatic rings. The molecular formula is C26H22N4O6. The van der Waals surface area contributed by atoms with Crippen LogP contribution in [0.15, 0.2) is 48.7 Å². The van der Waals surface area contributed by atoms with E-state index in [0.29, 0.717) is 48.0 Å². The summed E-state index contributed by atoms with van der Waals surface area (Å²) >= 11 is 0. The maximum Gasteiger partial charge on any atom is 0.259 e. The van der Waals surface area contributed by atoms with Gasteiger partial charge in [-0.25, -0.2) is 4.98 Å². The first-order chi connectivity index (χ1) is 17.5. The molecule has 1 N–H and O–H groups in total. The molecule has 0 radical (unpaired) electrons. The number of hydrogen-bond acceptors (Lipinski definition) is 7. The molecule has 1 atom stereocenters. The largest absolute Gasteiger partial charge is 0.438 e. The van der Waals surface area contributed by atoms with Crippen molar-refractivity contribution in [3.63, 3.8) is 0 Å². The monoisotopic (exact) mass is 486 g/mol. The number of benzene rings is 2. The Bertz CT molecular complexity index is 1420. The number of morpholine rings is 1. The zero-order chi connectivity index (χ0) is 24.8. The first-order valence-electron chi connectivity index (χ1n) is 11.7. The van der Waals surface area contributed by atoms with Crippen molar-refractivity contribution >= 4 is 40.1 Å². The summed E-state index contributed by atoms with van der Waals surface area (Å²) in [6, 6.07) is 11.7. The molecule has 36 heavy (non-hydrogen) atoms. The van der Waals surface area contributed by atoms with Gasteiger partial charge in [-0.05, 0) is 30.2 Å². The summed E-state index contributed by atoms with van der Waals surface area (Å²) in [5.41, 5.74) is 1.98. The average Bonchev–Trinajstić information content (AvgIpc) is 3.16. The number of aromatic nitrogens is 1. The number of nitrogens with one attached hydrogen (secondary N) is 1. The Morgan fingerprint density at radius 2 is 1.97 bits per heavy atom. The highest BCUT2D eigenvalue weighted by Gasteiger charge is 2.41. The molecule has 2 fully saturated rings.